The van der Waals surface area contributed by atoms with E-state index in [1.54, 1.807) is 30.1 Å². The summed E-state index contributed by atoms with van der Waals surface area (Å²) >= 11 is 1.62. The molecule has 0 bridgehead atoms. The molecule has 0 unspecified atom stereocenters. The second-order valence-corrected chi connectivity index (χ2v) is 7.36. The van der Waals surface area contributed by atoms with Crippen LogP contribution in [-0.2, 0) is 0 Å². The summed E-state index contributed by atoms with van der Waals surface area (Å²) in [6.07, 6.45) is -2.91. The van der Waals surface area contributed by atoms with Crippen molar-refractivity contribution in [3.8, 4) is 22.7 Å². The molecule has 142 valence electrons. The first kappa shape index (κ1) is 19.4. The van der Waals surface area contributed by atoms with E-state index in [4.69, 9.17) is 0 Å². The normalized spacial score (nSPS) is 11.8. The van der Waals surface area contributed by atoms with Crippen molar-refractivity contribution in [2.24, 2.45) is 5.92 Å². The predicted molar refractivity (Wildman–Crippen MR) is 101 cm³/mol. The van der Waals surface area contributed by atoms with Crippen molar-refractivity contribution in [3.63, 3.8) is 0 Å². The summed E-state index contributed by atoms with van der Waals surface area (Å²) in [5.41, 5.74) is 2.59. The van der Waals surface area contributed by atoms with Crippen molar-refractivity contribution in [2.45, 2.75) is 25.4 Å². The molecule has 0 radical (unpaired) electrons. The lowest BCUT2D eigenvalue weighted by Gasteiger charge is -2.14. The molecule has 0 N–H and O–H groups in total. The third-order valence-corrected chi connectivity index (χ3v) is 5.05. The molecule has 2 aromatic carbocycles. The molecule has 3 rings (SSSR count). The van der Waals surface area contributed by atoms with Gasteiger partial charge in [-0.25, -0.2) is 4.98 Å². The SMILES string of the molecule is CC(C)CSc1ncc(-c2ccccc2)n1-c1ccc(OC(F)(F)F)cc1. The Kier molecular flexibility index (Phi) is 5.79. The topological polar surface area (TPSA) is 27.1 Å². The van der Waals surface area contributed by atoms with E-state index in [1.807, 2.05) is 34.9 Å². The van der Waals surface area contributed by atoms with Crippen LogP contribution in [0.5, 0.6) is 5.75 Å². The number of aromatic nitrogens is 2. The standard InChI is InChI=1S/C20H19F3N2OS/c1-14(2)13-27-19-24-12-18(15-6-4-3-5-7-15)25(19)16-8-10-17(11-9-16)26-20(21,22)23/h3-12,14H,13H2,1-2H3. The lowest BCUT2D eigenvalue weighted by Crippen LogP contribution is -2.17. The molecular formula is C20H19F3N2OS. The molecule has 1 aromatic heterocycles. The predicted octanol–water partition coefficient (Wildman–Crippen LogP) is 6.19. The van der Waals surface area contributed by atoms with Gasteiger partial charge in [0.25, 0.3) is 0 Å². The van der Waals surface area contributed by atoms with Crippen molar-refractivity contribution in [1.29, 1.82) is 0 Å². The highest BCUT2D eigenvalue weighted by Gasteiger charge is 2.31. The molecule has 3 aromatic rings. The van der Waals surface area contributed by atoms with Crippen LogP contribution in [-0.4, -0.2) is 21.7 Å². The molecule has 0 aliphatic carbocycles. The third kappa shape index (κ3) is 5.07. The van der Waals surface area contributed by atoms with Crippen molar-refractivity contribution in [2.75, 3.05) is 5.75 Å². The summed E-state index contributed by atoms with van der Waals surface area (Å²) in [4.78, 5) is 4.54. The Labute approximate surface area is 160 Å². The maximum atomic E-state index is 12.4. The third-order valence-electron chi connectivity index (χ3n) is 3.67. The second kappa shape index (κ2) is 8.08. The van der Waals surface area contributed by atoms with Crippen molar-refractivity contribution < 1.29 is 17.9 Å². The van der Waals surface area contributed by atoms with Gasteiger partial charge in [-0.2, -0.15) is 0 Å². The van der Waals surface area contributed by atoms with E-state index < -0.39 is 6.36 Å². The van der Waals surface area contributed by atoms with Gasteiger partial charge in [-0.15, -0.1) is 13.2 Å². The van der Waals surface area contributed by atoms with Gasteiger partial charge in [-0.3, -0.25) is 4.57 Å². The molecule has 0 amide bonds. The van der Waals surface area contributed by atoms with Gasteiger partial charge in [0, 0.05) is 17.0 Å². The van der Waals surface area contributed by atoms with Gasteiger partial charge < -0.3 is 4.74 Å². The quantitative estimate of drug-likeness (QED) is 0.468. The molecule has 0 atom stereocenters. The highest BCUT2D eigenvalue weighted by Crippen LogP contribution is 2.32. The Balaban J connectivity index is 2.00. The van der Waals surface area contributed by atoms with Crippen LogP contribution in [0.2, 0.25) is 0 Å². The molecule has 7 heteroatoms. The fraction of sp³-hybridized carbons (Fsp3) is 0.250. The van der Waals surface area contributed by atoms with Gasteiger partial charge in [-0.1, -0.05) is 55.9 Å². The minimum absolute atomic E-state index is 0.246. The van der Waals surface area contributed by atoms with Crippen LogP contribution in [0.25, 0.3) is 16.9 Å². The van der Waals surface area contributed by atoms with E-state index in [1.165, 1.54) is 12.1 Å². The summed E-state index contributed by atoms with van der Waals surface area (Å²) in [6.45, 7) is 4.25. The number of alkyl halides is 3. The zero-order valence-corrected chi connectivity index (χ0v) is 15.7. The maximum absolute atomic E-state index is 12.4. The summed E-state index contributed by atoms with van der Waals surface area (Å²) in [5, 5.41) is 0.798. The smallest absolute Gasteiger partial charge is 0.406 e. The van der Waals surface area contributed by atoms with E-state index in [-0.39, 0.29) is 5.75 Å². The molecule has 0 fully saturated rings. The van der Waals surface area contributed by atoms with Gasteiger partial charge in [0.15, 0.2) is 5.16 Å². The molecule has 0 spiro atoms. The van der Waals surface area contributed by atoms with Gasteiger partial charge in [0.05, 0.1) is 11.9 Å². The molecule has 0 aliphatic rings. The lowest BCUT2D eigenvalue weighted by atomic mass is 10.1. The van der Waals surface area contributed by atoms with Crippen LogP contribution in [0.3, 0.4) is 0 Å². The molecule has 0 aliphatic heterocycles. The van der Waals surface area contributed by atoms with Crippen LogP contribution >= 0.6 is 11.8 Å². The van der Waals surface area contributed by atoms with E-state index >= 15 is 0 Å². The first-order chi connectivity index (χ1) is 12.8. The number of hydrogen-bond acceptors (Lipinski definition) is 3. The maximum Gasteiger partial charge on any atom is 0.573 e. The van der Waals surface area contributed by atoms with Crippen LogP contribution in [0, 0.1) is 5.92 Å². The van der Waals surface area contributed by atoms with Crippen molar-refractivity contribution in [1.82, 2.24) is 9.55 Å². The first-order valence-electron chi connectivity index (χ1n) is 8.45. The van der Waals surface area contributed by atoms with Gasteiger partial charge in [0.1, 0.15) is 5.75 Å². The summed E-state index contributed by atoms with van der Waals surface area (Å²) in [6, 6.07) is 15.6. The van der Waals surface area contributed by atoms with E-state index in [9.17, 15) is 13.2 Å². The lowest BCUT2D eigenvalue weighted by molar-refractivity contribution is -0.274. The van der Waals surface area contributed by atoms with Crippen LogP contribution in [0.1, 0.15) is 13.8 Å². The summed E-state index contributed by atoms with van der Waals surface area (Å²) in [5.74, 6) is 1.13. The number of imidazole rings is 1. The molecule has 0 saturated carbocycles. The number of rotatable bonds is 6. The second-order valence-electron chi connectivity index (χ2n) is 6.37. The number of thioether (sulfide) groups is 1. The first-order valence-corrected chi connectivity index (χ1v) is 9.44. The van der Waals surface area contributed by atoms with Crippen molar-refractivity contribution >= 4 is 11.8 Å². The van der Waals surface area contributed by atoms with Crippen LogP contribution in [0.15, 0.2) is 66.0 Å². The molecule has 27 heavy (non-hydrogen) atoms. The molecule has 1 heterocycles. The average Bonchev–Trinajstić information content (AvgIpc) is 3.04. The Morgan fingerprint density at radius 2 is 1.70 bits per heavy atom. The minimum Gasteiger partial charge on any atom is -0.406 e. The van der Waals surface area contributed by atoms with E-state index in [2.05, 4.69) is 23.6 Å². The largest absolute Gasteiger partial charge is 0.573 e. The Morgan fingerprint density at radius 3 is 2.30 bits per heavy atom. The monoisotopic (exact) mass is 392 g/mol. The molecule has 0 saturated heterocycles. The average molecular weight is 392 g/mol. The zero-order chi connectivity index (χ0) is 19.4. The zero-order valence-electron chi connectivity index (χ0n) is 14.9. The number of ether oxygens (including phenoxy) is 1. The minimum atomic E-state index is -4.70. The fourth-order valence-electron chi connectivity index (χ4n) is 2.54. The highest BCUT2D eigenvalue weighted by atomic mass is 32.2. The van der Waals surface area contributed by atoms with Gasteiger partial charge in [0.2, 0.25) is 0 Å². The van der Waals surface area contributed by atoms with Crippen LogP contribution in [0.4, 0.5) is 13.2 Å². The van der Waals surface area contributed by atoms with Gasteiger partial charge in [-0.05, 0) is 30.2 Å². The number of nitrogens with zero attached hydrogens (tertiary/aromatic N) is 2. The van der Waals surface area contributed by atoms with E-state index in [0.717, 1.165) is 27.9 Å². The molecule has 3 nitrogen and oxygen atoms in total. The number of benzene rings is 2. The van der Waals surface area contributed by atoms with E-state index in [0.29, 0.717) is 5.92 Å². The summed E-state index contributed by atoms with van der Waals surface area (Å²) in [7, 11) is 0. The van der Waals surface area contributed by atoms with Crippen LogP contribution < -0.4 is 4.74 Å². The molecular weight excluding hydrogens is 373 g/mol. The Morgan fingerprint density at radius 1 is 1.04 bits per heavy atom. The Hall–Kier alpha value is -2.41. The Bertz CT molecular complexity index is 874. The van der Waals surface area contributed by atoms with Gasteiger partial charge >= 0.3 is 6.36 Å². The number of hydrogen-bond donors (Lipinski definition) is 0. The van der Waals surface area contributed by atoms with Crippen molar-refractivity contribution in [3.05, 3.63) is 60.8 Å². The highest BCUT2D eigenvalue weighted by molar-refractivity contribution is 7.99. The fourth-order valence-corrected chi connectivity index (χ4v) is 3.48. The number of halogens is 3. The summed E-state index contributed by atoms with van der Waals surface area (Å²) < 4.78 is 43.1.